The molecule has 0 spiro atoms. The fourth-order valence-corrected chi connectivity index (χ4v) is 2.73. The van der Waals surface area contributed by atoms with Crippen molar-refractivity contribution in [1.82, 2.24) is 5.32 Å². The largest absolute Gasteiger partial charge is 0.481 e. The molecule has 0 radical (unpaired) electrons. The van der Waals surface area contributed by atoms with Crippen LogP contribution in [0.5, 0.6) is 0 Å². The first-order valence-electron chi connectivity index (χ1n) is 7.38. The normalized spacial score (nSPS) is 19.2. The third-order valence-electron chi connectivity index (χ3n) is 3.57. The van der Waals surface area contributed by atoms with E-state index in [1.54, 1.807) is 0 Å². The summed E-state index contributed by atoms with van der Waals surface area (Å²) in [5, 5.41) is 37.4. The summed E-state index contributed by atoms with van der Waals surface area (Å²) in [5.41, 5.74) is -2.01. The lowest BCUT2D eigenvalue weighted by atomic mass is 9.83. The highest BCUT2D eigenvalue weighted by Gasteiger charge is 2.40. The standard InChI is InChI=1S/C9H19N.C6H8O7/c1-8(2)6-5-7-9(3,4)10-8;7-3(8)1-6(13,5(11)12)2-4(9)10/h10H,5-7H2,1-4H3;13H,1-2H2,(H,7,8)(H,9,10)(H,11,12). The van der Waals surface area contributed by atoms with Crippen LogP contribution in [0.15, 0.2) is 0 Å². The second-order valence-electron chi connectivity index (χ2n) is 7.22. The lowest BCUT2D eigenvalue weighted by molar-refractivity contribution is -0.170. The first-order chi connectivity index (χ1) is 10.2. The highest BCUT2D eigenvalue weighted by Crippen LogP contribution is 2.27. The molecule has 5 N–H and O–H groups in total. The van der Waals surface area contributed by atoms with E-state index in [-0.39, 0.29) is 0 Å². The van der Waals surface area contributed by atoms with E-state index in [0.29, 0.717) is 11.1 Å². The number of nitrogens with one attached hydrogen (secondary N) is 1. The highest BCUT2D eigenvalue weighted by atomic mass is 16.4. The Balaban J connectivity index is 0.000000433. The number of rotatable bonds is 5. The summed E-state index contributed by atoms with van der Waals surface area (Å²) in [4.78, 5) is 30.5. The van der Waals surface area contributed by atoms with Crippen molar-refractivity contribution in [3.8, 4) is 0 Å². The zero-order chi connectivity index (χ0) is 18.5. The molecule has 1 saturated heterocycles. The quantitative estimate of drug-likeness (QED) is 0.502. The second-order valence-corrected chi connectivity index (χ2v) is 7.22. The van der Waals surface area contributed by atoms with Gasteiger partial charge in [-0.1, -0.05) is 0 Å². The van der Waals surface area contributed by atoms with Crippen LogP contribution in [0, 0.1) is 0 Å². The van der Waals surface area contributed by atoms with Crippen molar-refractivity contribution in [3.05, 3.63) is 0 Å². The molecule has 0 atom stereocenters. The van der Waals surface area contributed by atoms with E-state index in [9.17, 15) is 14.4 Å². The maximum atomic E-state index is 10.3. The Labute approximate surface area is 135 Å². The highest BCUT2D eigenvalue weighted by molar-refractivity contribution is 5.88. The Hall–Kier alpha value is -1.67. The van der Waals surface area contributed by atoms with Gasteiger partial charge < -0.3 is 25.7 Å². The summed E-state index contributed by atoms with van der Waals surface area (Å²) in [6, 6.07) is 0. The second kappa shape index (κ2) is 7.74. The monoisotopic (exact) mass is 333 g/mol. The topological polar surface area (TPSA) is 144 Å². The number of piperidine rings is 1. The Morgan fingerprint density at radius 2 is 1.26 bits per heavy atom. The predicted molar refractivity (Wildman–Crippen MR) is 82.2 cm³/mol. The molecule has 8 nitrogen and oxygen atoms in total. The molecule has 23 heavy (non-hydrogen) atoms. The van der Waals surface area contributed by atoms with Crippen LogP contribution < -0.4 is 5.32 Å². The van der Waals surface area contributed by atoms with Gasteiger partial charge in [0.2, 0.25) is 0 Å². The van der Waals surface area contributed by atoms with E-state index in [1.807, 2.05) is 0 Å². The fourth-order valence-electron chi connectivity index (χ4n) is 2.73. The Morgan fingerprint density at radius 3 is 1.43 bits per heavy atom. The van der Waals surface area contributed by atoms with Crippen LogP contribution in [-0.2, 0) is 14.4 Å². The Kier molecular flexibility index (Phi) is 7.18. The molecular formula is C15H27NO7. The van der Waals surface area contributed by atoms with Crippen LogP contribution in [0.3, 0.4) is 0 Å². The molecule has 0 aromatic rings. The molecule has 8 heteroatoms. The molecule has 0 aromatic carbocycles. The van der Waals surface area contributed by atoms with Gasteiger partial charge in [0.25, 0.3) is 0 Å². The molecule has 1 heterocycles. The summed E-state index contributed by atoms with van der Waals surface area (Å²) in [7, 11) is 0. The summed E-state index contributed by atoms with van der Waals surface area (Å²) < 4.78 is 0. The number of aliphatic carboxylic acids is 3. The van der Waals surface area contributed by atoms with Gasteiger partial charge in [0, 0.05) is 11.1 Å². The van der Waals surface area contributed by atoms with Crippen LogP contribution >= 0.6 is 0 Å². The van der Waals surface area contributed by atoms with E-state index < -0.39 is 36.4 Å². The van der Waals surface area contributed by atoms with Gasteiger partial charge in [-0.25, -0.2) is 4.79 Å². The van der Waals surface area contributed by atoms with E-state index in [4.69, 9.17) is 20.4 Å². The van der Waals surface area contributed by atoms with Gasteiger partial charge in [0.05, 0.1) is 12.8 Å². The molecule has 134 valence electrons. The van der Waals surface area contributed by atoms with Gasteiger partial charge >= 0.3 is 17.9 Å². The molecule has 0 amide bonds. The van der Waals surface area contributed by atoms with Crippen LogP contribution in [0.2, 0.25) is 0 Å². The summed E-state index contributed by atoms with van der Waals surface area (Å²) in [5.74, 6) is -5.02. The maximum Gasteiger partial charge on any atom is 0.336 e. The van der Waals surface area contributed by atoms with E-state index in [1.165, 1.54) is 19.3 Å². The Bertz CT molecular complexity index is 427. The molecule has 1 fully saturated rings. The van der Waals surface area contributed by atoms with Crippen LogP contribution in [0.25, 0.3) is 0 Å². The lowest BCUT2D eigenvalue weighted by Crippen LogP contribution is -2.55. The van der Waals surface area contributed by atoms with Gasteiger partial charge in [-0.05, 0) is 47.0 Å². The predicted octanol–water partition coefficient (Wildman–Crippen LogP) is 1.07. The van der Waals surface area contributed by atoms with Gasteiger partial charge in [0.1, 0.15) is 0 Å². The van der Waals surface area contributed by atoms with Gasteiger partial charge in [-0.15, -0.1) is 0 Å². The number of carboxylic acid groups (broad SMARTS) is 3. The fraction of sp³-hybridized carbons (Fsp3) is 0.800. The SMILES string of the molecule is CC1(C)CCCC(C)(C)N1.O=C(O)CC(O)(CC(=O)O)C(=O)O. The van der Waals surface area contributed by atoms with E-state index >= 15 is 0 Å². The number of hydrogen-bond acceptors (Lipinski definition) is 5. The van der Waals surface area contributed by atoms with Crippen molar-refractivity contribution in [3.63, 3.8) is 0 Å². The van der Waals surface area contributed by atoms with E-state index in [0.717, 1.165) is 0 Å². The molecule has 1 aliphatic rings. The number of aliphatic hydroxyl groups is 1. The van der Waals surface area contributed by atoms with Gasteiger partial charge in [-0.2, -0.15) is 0 Å². The van der Waals surface area contributed by atoms with Crippen LogP contribution in [0.1, 0.15) is 59.8 Å². The summed E-state index contributed by atoms with van der Waals surface area (Å²) in [6.45, 7) is 9.14. The van der Waals surface area contributed by atoms with E-state index in [2.05, 4.69) is 33.0 Å². The minimum Gasteiger partial charge on any atom is -0.481 e. The first-order valence-corrected chi connectivity index (χ1v) is 7.38. The zero-order valence-electron chi connectivity index (χ0n) is 14.0. The molecule has 1 rings (SSSR count). The Morgan fingerprint density at radius 1 is 0.913 bits per heavy atom. The molecule has 0 unspecified atom stereocenters. The number of carbonyl (C=O) groups is 3. The van der Waals surface area contributed by atoms with Crippen molar-refractivity contribution in [2.24, 2.45) is 0 Å². The maximum absolute atomic E-state index is 10.3. The number of hydrogen-bond donors (Lipinski definition) is 5. The average Bonchev–Trinajstić information content (AvgIpc) is 2.23. The summed E-state index contributed by atoms with van der Waals surface area (Å²) in [6.07, 6.45) is 1.71. The van der Waals surface area contributed by atoms with Crippen molar-refractivity contribution in [2.75, 3.05) is 0 Å². The first kappa shape index (κ1) is 21.3. The molecule has 0 aliphatic carbocycles. The molecule has 0 bridgehead atoms. The number of carboxylic acids is 3. The third kappa shape index (κ3) is 8.51. The minimum atomic E-state index is -2.74. The molecule has 1 aliphatic heterocycles. The lowest BCUT2D eigenvalue weighted by Gasteiger charge is -2.42. The van der Waals surface area contributed by atoms with Crippen LogP contribution in [0.4, 0.5) is 0 Å². The molecule has 0 saturated carbocycles. The smallest absolute Gasteiger partial charge is 0.336 e. The molecular weight excluding hydrogens is 306 g/mol. The van der Waals surface area contributed by atoms with Crippen LogP contribution in [-0.4, -0.2) is 55.0 Å². The van der Waals surface area contributed by atoms with Gasteiger partial charge in [0.15, 0.2) is 5.60 Å². The molecule has 0 aromatic heterocycles. The van der Waals surface area contributed by atoms with Gasteiger partial charge in [-0.3, -0.25) is 9.59 Å². The van der Waals surface area contributed by atoms with Crippen molar-refractivity contribution in [1.29, 1.82) is 0 Å². The van der Waals surface area contributed by atoms with Crippen molar-refractivity contribution in [2.45, 2.75) is 76.5 Å². The third-order valence-corrected chi connectivity index (χ3v) is 3.57. The minimum absolute atomic E-state index is 0.363. The summed E-state index contributed by atoms with van der Waals surface area (Å²) >= 11 is 0. The van der Waals surface area contributed by atoms with Crippen molar-refractivity contribution >= 4 is 17.9 Å². The average molecular weight is 333 g/mol. The zero-order valence-corrected chi connectivity index (χ0v) is 14.0. The van der Waals surface area contributed by atoms with Crippen molar-refractivity contribution < 1.29 is 34.8 Å².